The first-order chi connectivity index (χ1) is 8.65. The number of hydrogen-bond acceptors (Lipinski definition) is 3. The van der Waals surface area contributed by atoms with E-state index in [0.717, 1.165) is 22.4 Å². The van der Waals surface area contributed by atoms with Crippen LogP contribution in [0, 0.1) is 0 Å². The van der Waals surface area contributed by atoms with E-state index in [0.29, 0.717) is 4.99 Å². The summed E-state index contributed by atoms with van der Waals surface area (Å²) in [5.41, 5.74) is 7.48. The Hall–Kier alpha value is -1.46. The molecule has 0 aliphatic rings. The number of aromatic nitrogens is 1. The third kappa shape index (κ3) is 3.51. The van der Waals surface area contributed by atoms with Crippen molar-refractivity contribution in [1.29, 1.82) is 0 Å². The fourth-order valence-corrected chi connectivity index (χ4v) is 1.82. The summed E-state index contributed by atoms with van der Waals surface area (Å²) < 4.78 is 1.07. The van der Waals surface area contributed by atoms with Gasteiger partial charge >= 0.3 is 0 Å². The van der Waals surface area contributed by atoms with Crippen molar-refractivity contribution in [3.63, 3.8) is 0 Å². The van der Waals surface area contributed by atoms with E-state index in [4.69, 9.17) is 18.0 Å². The van der Waals surface area contributed by atoms with E-state index in [9.17, 15) is 0 Å². The molecule has 0 atom stereocenters. The summed E-state index contributed by atoms with van der Waals surface area (Å²) >= 11 is 8.28. The highest BCUT2D eigenvalue weighted by Crippen LogP contribution is 2.12. The third-order valence-electron chi connectivity index (χ3n) is 2.43. The lowest BCUT2D eigenvalue weighted by atomic mass is 10.2. The van der Waals surface area contributed by atoms with Crippen molar-refractivity contribution in [1.82, 2.24) is 4.98 Å². The van der Waals surface area contributed by atoms with Crippen LogP contribution in [0.1, 0.15) is 11.1 Å². The molecular formula is C13H12BrN3S. The van der Waals surface area contributed by atoms with Crippen LogP contribution in [-0.4, -0.2) is 9.97 Å². The smallest absolute Gasteiger partial charge is 0.126 e. The molecule has 0 radical (unpaired) electrons. The molecule has 1 aromatic carbocycles. The van der Waals surface area contributed by atoms with E-state index in [1.165, 1.54) is 5.56 Å². The number of hydrogen-bond donors (Lipinski definition) is 2. The fourth-order valence-electron chi connectivity index (χ4n) is 1.44. The first-order valence-electron chi connectivity index (χ1n) is 5.39. The Morgan fingerprint density at radius 3 is 2.50 bits per heavy atom. The molecule has 0 saturated carbocycles. The standard InChI is InChI=1S/C13H12BrN3S/c14-11-4-1-9(2-5-11)7-16-12-6-3-10(8-17-12)13(15)18/h1-6,8H,7H2,(H2,15,18)(H,16,17). The Balaban J connectivity index is 1.97. The van der Waals surface area contributed by atoms with Gasteiger partial charge in [-0.15, -0.1) is 0 Å². The van der Waals surface area contributed by atoms with Gasteiger partial charge in [0.25, 0.3) is 0 Å². The maximum Gasteiger partial charge on any atom is 0.126 e. The van der Waals surface area contributed by atoms with Crippen LogP contribution in [0.15, 0.2) is 47.1 Å². The number of pyridine rings is 1. The van der Waals surface area contributed by atoms with E-state index in [1.807, 2.05) is 24.3 Å². The van der Waals surface area contributed by atoms with Crippen molar-refractivity contribution in [3.05, 3.63) is 58.2 Å². The molecule has 0 saturated heterocycles. The highest BCUT2D eigenvalue weighted by Gasteiger charge is 1.98. The second kappa shape index (κ2) is 5.93. The van der Waals surface area contributed by atoms with Crippen LogP contribution in [0.5, 0.6) is 0 Å². The van der Waals surface area contributed by atoms with Crippen LogP contribution in [0.2, 0.25) is 0 Å². The van der Waals surface area contributed by atoms with Crippen molar-refractivity contribution in [3.8, 4) is 0 Å². The van der Waals surface area contributed by atoms with Crippen LogP contribution in [-0.2, 0) is 6.54 Å². The van der Waals surface area contributed by atoms with Gasteiger partial charge in [0.1, 0.15) is 10.8 Å². The van der Waals surface area contributed by atoms with Gasteiger partial charge in [0, 0.05) is 22.8 Å². The van der Waals surface area contributed by atoms with Gasteiger partial charge < -0.3 is 11.1 Å². The molecule has 92 valence electrons. The van der Waals surface area contributed by atoms with Crippen LogP contribution < -0.4 is 11.1 Å². The molecular weight excluding hydrogens is 310 g/mol. The number of nitrogens with one attached hydrogen (secondary N) is 1. The maximum atomic E-state index is 5.51. The molecule has 0 aliphatic carbocycles. The second-order valence-electron chi connectivity index (χ2n) is 3.78. The topological polar surface area (TPSA) is 50.9 Å². The highest BCUT2D eigenvalue weighted by molar-refractivity contribution is 9.10. The molecule has 0 bridgehead atoms. The Morgan fingerprint density at radius 1 is 1.22 bits per heavy atom. The minimum Gasteiger partial charge on any atom is -0.389 e. The average molecular weight is 322 g/mol. The lowest BCUT2D eigenvalue weighted by Gasteiger charge is -2.06. The summed E-state index contributed by atoms with van der Waals surface area (Å²) in [6.07, 6.45) is 1.67. The molecule has 18 heavy (non-hydrogen) atoms. The summed E-state index contributed by atoms with van der Waals surface area (Å²) in [5, 5.41) is 3.24. The van der Waals surface area contributed by atoms with Crippen molar-refractivity contribution in [2.45, 2.75) is 6.54 Å². The van der Waals surface area contributed by atoms with Crippen molar-refractivity contribution < 1.29 is 0 Å². The summed E-state index contributed by atoms with van der Waals surface area (Å²) in [7, 11) is 0. The minimum absolute atomic E-state index is 0.363. The Bertz CT molecular complexity index is 537. The van der Waals surface area contributed by atoms with Gasteiger partial charge in [-0.2, -0.15) is 0 Å². The number of rotatable bonds is 4. The van der Waals surface area contributed by atoms with E-state index < -0.39 is 0 Å². The summed E-state index contributed by atoms with van der Waals surface area (Å²) in [4.78, 5) is 4.61. The molecule has 2 aromatic rings. The van der Waals surface area contributed by atoms with Crippen molar-refractivity contribution >= 4 is 39.0 Å². The van der Waals surface area contributed by atoms with Crippen LogP contribution in [0.25, 0.3) is 0 Å². The van der Waals surface area contributed by atoms with Gasteiger partial charge in [-0.25, -0.2) is 4.98 Å². The third-order valence-corrected chi connectivity index (χ3v) is 3.20. The van der Waals surface area contributed by atoms with Crippen LogP contribution in [0.4, 0.5) is 5.82 Å². The van der Waals surface area contributed by atoms with Gasteiger partial charge in [-0.3, -0.25) is 0 Å². The number of anilines is 1. The lowest BCUT2D eigenvalue weighted by Crippen LogP contribution is -2.10. The van der Waals surface area contributed by atoms with Gasteiger partial charge in [-0.1, -0.05) is 40.3 Å². The normalized spacial score (nSPS) is 10.1. The van der Waals surface area contributed by atoms with E-state index in [2.05, 4.69) is 38.4 Å². The van der Waals surface area contributed by atoms with Gasteiger partial charge in [0.05, 0.1) is 0 Å². The van der Waals surface area contributed by atoms with Crippen LogP contribution in [0.3, 0.4) is 0 Å². The Labute approximate surface area is 120 Å². The van der Waals surface area contributed by atoms with Crippen LogP contribution >= 0.6 is 28.1 Å². The largest absolute Gasteiger partial charge is 0.389 e. The minimum atomic E-state index is 0.363. The second-order valence-corrected chi connectivity index (χ2v) is 5.13. The number of nitrogens with two attached hydrogens (primary N) is 1. The monoisotopic (exact) mass is 321 g/mol. The molecule has 0 amide bonds. The Morgan fingerprint density at radius 2 is 1.94 bits per heavy atom. The van der Waals surface area contributed by atoms with E-state index in [1.54, 1.807) is 6.20 Å². The average Bonchev–Trinajstić information content (AvgIpc) is 2.38. The molecule has 1 aromatic heterocycles. The molecule has 3 N–H and O–H groups in total. The Kier molecular flexibility index (Phi) is 4.28. The molecule has 5 heteroatoms. The first kappa shape index (κ1) is 13.0. The maximum absolute atomic E-state index is 5.51. The molecule has 1 heterocycles. The zero-order valence-corrected chi connectivity index (χ0v) is 12.0. The number of benzene rings is 1. The zero-order valence-electron chi connectivity index (χ0n) is 9.56. The SMILES string of the molecule is NC(=S)c1ccc(NCc2ccc(Br)cc2)nc1. The predicted molar refractivity (Wildman–Crippen MR) is 81.6 cm³/mol. The summed E-state index contributed by atoms with van der Waals surface area (Å²) in [5.74, 6) is 0.804. The summed E-state index contributed by atoms with van der Waals surface area (Å²) in [6.45, 7) is 0.729. The summed E-state index contributed by atoms with van der Waals surface area (Å²) in [6, 6.07) is 11.9. The van der Waals surface area contributed by atoms with Gasteiger partial charge in [-0.05, 0) is 29.8 Å². The van der Waals surface area contributed by atoms with Gasteiger partial charge in [0.2, 0.25) is 0 Å². The molecule has 2 rings (SSSR count). The predicted octanol–water partition coefficient (Wildman–Crippen LogP) is 3.09. The lowest BCUT2D eigenvalue weighted by molar-refractivity contribution is 1.11. The van der Waals surface area contributed by atoms with Crippen molar-refractivity contribution in [2.75, 3.05) is 5.32 Å². The van der Waals surface area contributed by atoms with E-state index in [-0.39, 0.29) is 0 Å². The van der Waals surface area contributed by atoms with Crippen molar-refractivity contribution in [2.24, 2.45) is 5.73 Å². The quantitative estimate of drug-likeness (QED) is 0.850. The number of thiocarbonyl (C=S) groups is 1. The first-order valence-corrected chi connectivity index (χ1v) is 6.59. The van der Waals surface area contributed by atoms with Gasteiger partial charge in [0.15, 0.2) is 0 Å². The highest BCUT2D eigenvalue weighted by atomic mass is 79.9. The number of nitrogens with zero attached hydrogens (tertiary/aromatic N) is 1. The molecule has 0 fully saturated rings. The fraction of sp³-hybridized carbons (Fsp3) is 0.0769. The zero-order chi connectivity index (χ0) is 13.0. The molecule has 0 aliphatic heterocycles. The molecule has 0 unspecified atom stereocenters. The molecule has 0 spiro atoms. The van der Waals surface area contributed by atoms with E-state index >= 15 is 0 Å². The number of halogens is 1. The molecule has 3 nitrogen and oxygen atoms in total.